The summed E-state index contributed by atoms with van der Waals surface area (Å²) >= 11 is 4.90. The molecule has 1 N–H and O–H groups in total. The third kappa shape index (κ3) is 3.03. The maximum absolute atomic E-state index is 4.90. The monoisotopic (exact) mass is 195 g/mol. The summed E-state index contributed by atoms with van der Waals surface area (Å²) in [5.41, 5.74) is 1.20. The van der Waals surface area contributed by atoms with Gasteiger partial charge in [-0.15, -0.1) is 0 Å². The first-order chi connectivity index (χ1) is 6.24. The zero-order valence-electron chi connectivity index (χ0n) is 7.78. The van der Waals surface area contributed by atoms with Crippen LogP contribution in [0.25, 0.3) is 0 Å². The molecule has 70 valence electrons. The Morgan fingerprint density at radius 2 is 2.00 bits per heavy atom. The topological polar surface area (TPSA) is 21.3 Å². The van der Waals surface area contributed by atoms with E-state index in [0.717, 1.165) is 0 Å². The van der Waals surface area contributed by atoms with E-state index in [0.29, 0.717) is 5.17 Å². The first kappa shape index (κ1) is 9.99. The number of rotatable bonds is 2. The van der Waals surface area contributed by atoms with Crippen molar-refractivity contribution >= 4 is 17.4 Å². The van der Waals surface area contributed by atoms with Crippen LogP contribution < -0.4 is 5.32 Å². The van der Waals surface area contributed by atoms with E-state index in [1.54, 1.807) is 7.11 Å². The molecule has 0 bridgehead atoms. The molecule has 0 spiro atoms. The van der Waals surface area contributed by atoms with Gasteiger partial charge in [-0.05, 0) is 24.7 Å². The standard InChI is InChI=1S/C10H13NOS/c1-8(11-10(13)12-2)9-6-4-3-5-7-9/h3-8H,1-2H3,(H,11,13). The number of nitrogens with one attached hydrogen (secondary N) is 1. The molecule has 1 atom stereocenters. The van der Waals surface area contributed by atoms with Crippen molar-refractivity contribution < 1.29 is 4.74 Å². The van der Waals surface area contributed by atoms with Crippen LogP contribution in [-0.4, -0.2) is 12.3 Å². The number of hydrogen-bond donors (Lipinski definition) is 1. The van der Waals surface area contributed by atoms with Gasteiger partial charge in [-0.25, -0.2) is 0 Å². The zero-order chi connectivity index (χ0) is 9.68. The Hall–Kier alpha value is -1.09. The van der Waals surface area contributed by atoms with Gasteiger partial charge in [-0.3, -0.25) is 0 Å². The summed E-state index contributed by atoms with van der Waals surface area (Å²) in [6, 6.07) is 10.3. The number of hydrogen-bond acceptors (Lipinski definition) is 2. The Bertz CT molecular complexity index is 274. The Labute approximate surface area is 83.9 Å². The minimum Gasteiger partial charge on any atom is -0.474 e. The molecule has 0 aliphatic rings. The minimum absolute atomic E-state index is 0.189. The maximum atomic E-state index is 4.90. The van der Waals surface area contributed by atoms with Crippen LogP contribution in [0, 0.1) is 0 Å². The van der Waals surface area contributed by atoms with Crippen LogP contribution >= 0.6 is 12.2 Å². The lowest BCUT2D eigenvalue weighted by Crippen LogP contribution is -2.25. The van der Waals surface area contributed by atoms with Crippen LogP contribution in [-0.2, 0) is 4.74 Å². The van der Waals surface area contributed by atoms with Gasteiger partial charge in [0.15, 0.2) is 0 Å². The molecule has 0 fully saturated rings. The van der Waals surface area contributed by atoms with Crippen molar-refractivity contribution in [2.45, 2.75) is 13.0 Å². The summed E-state index contributed by atoms with van der Waals surface area (Å²) in [6.45, 7) is 2.04. The lowest BCUT2D eigenvalue weighted by molar-refractivity contribution is 0.385. The molecule has 0 saturated heterocycles. The number of benzene rings is 1. The fourth-order valence-electron chi connectivity index (χ4n) is 1.06. The van der Waals surface area contributed by atoms with Gasteiger partial charge in [0, 0.05) is 0 Å². The van der Waals surface area contributed by atoms with Crippen LogP contribution in [0.15, 0.2) is 30.3 Å². The zero-order valence-corrected chi connectivity index (χ0v) is 8.60. The van der Waals surface area contributed by atoms with E-state index in [9.17, 15) is 0 Å². The van der Waals surface area contributed by atoms with Crippen molar-refractivity contribution in [1.82, 2.24) is 5.32 Å². The van der Waals surface area contributed by atoms with Crippen LogP contribution in [0.5, 0.6) is 0 Å². The van der Waals surface area contributed by atoms with Crippen molar-refractivity contribution in [2.24, 2.45) is 0 Å². The van der Waals surface area contributed by atoms with E-state index < -0.39 is 0 Å². The molecule has 0 radical (unpaired) electrons. The third-order valence-electron chi connectivity index (χ3n) is 1.82. The first-order valence-electron chi connectivity index (χ1n) is 4.13. The molecule has 0 amide bonds. The summed E-state index contributed by atoms with van der Waals surface area (Å²) < 4.78 is 4.86. The van der Waals surface area contributed by atoms with Crippen LogP contribution in [0.2, 0.25) is 0 Å². The van der Waals surface area contributed by atoms with Crippen LogP contribution in [0.1, 0.15) is 18.5 Å². The molecule has 0 heterocycles. The van der Waals surface area contributed by atoms with Gasteiger partial charge in [0.2, 0.25) is 0 Å². The Morgan fingerprint density at radius 3 is 2.54 bits per heavy atom. The number of thiocarbonyl (C=S) groups is 1. The van der Waals surface area contributed by atoms with Crippen LogP contribution in [0.4, 0.5) is 0 Å². The molecule has 1 rings (SSSR count). The van der Waals surface area contributed by atoms with Gasteiger partial charge in [0.05, 0.1) is 13.2 Å². The summed E-state index contributed by atoms with van der Waals surface area (Å²) in [4.78, 5) is 0. The van der Waals surface area contributed by atoms with E-state index in [1.165, 1.54) is 5.56 Å². The van der Waals surface area contributed by atoms with Crippen molar-refractivity contribution in [3.63, 3.8) is 0 Å². The summed E-state index contributed by atoms with van der Waals surface area (Å²) in [5, 5.41) is 3.48. The molecule has 0 saturated carbocycles. The molecule has 1 unspecified atom stereocenters. The second kappa shape index (κ2) is 4.82. The molecule has 0 aliphatic heterocycles. The molecule has 1 aromatic rings. The molecule has 2 nitrogen and oxygen atoms in total. The molecule has 3 heteroatoms. The Morgan fingerprint density at radius 1 is 1.38 bits per heavy atom. The molecule has 1 aromatic carbocycles. The van der Waals surface area contributed by atoms with Crippen molar-refractivity contribution in [2.75, 3.05) is 7.11 Å². The molecule has 0 aliphatic carbocycles. The second-order valence-electron chi connectivity index (χ2n) is 2.77. The van der Waals surface area contributed by atoms with Gasteiger partial charge < -0.3 is 10.1 Å². The highest BCUT2D eigenvalue weighted by Crippen LogP contribution is 2.10. The van der Waals surface area contributed by atoms with E-state index in [2.05, 4.69) is 17.4 Å². The molecule has 13 heavy (non-hydrogen) atoms. The van der Waals surface area contributed by atoms with E-state index >= 15 is 0 Å². The van der Waals surface area contributed by atoms with Gasteiger partial charge in [0.25, 0.3) is 5.17 Å². The highest BCUT2D eigenvalue weighted by atomic mass is 32.1. The average Bonchev–Trinajstić information content (AvgIpc) is 2.19. The fourth-order valence-corrected chi connectivity index (χ4v) is 1.24. The smallest absolute Gasteiger partial charge is 0.256 e. The van der Waals surface area contributed by atoms with Gasteiger partial charge in [-0.1, -0.05) is 30.3 Å². The summed E-state index contributed by atoms with van der Waals surface area (Å²) in [6.07, 6.45) is 0. The fraction of sp³-hybridized carbons (Fsp3) is 0.300. The number of methoxy groups -OCH3 is 1. The van der Waals surface area contributed by atoms with Crippen molar-refractivity contribution in [3.8, 4) is 0 Å². The maximum Gasteiger partial charge on any atom is 0.256 e. The normalized spacial score (nSPS) is 11.8. The highest BCUT2D eigenvalue weighted by molar-refractivity contribution is 7.80. The van der Waals surface area contributed by atoms with Gasteiger partial charge >= 0.3 is 0 Å². The van der Waals surface area contributed by atoms with Gasteiger partial charge in [-0.2, -0.15) is 0 Å². The largest absolute Gasteiger partial charge is 0.474 e. The van der Waals surface area contributed by atoms with E-state index in [-0.39, 0.29) is 6.04 Å². The second-order valence-corrected chi connectivity index (χ2v) is 3.14. The van der Waals surface area contributed by atoms with Crippen molar-refractivity contribution in [1.29, 1.82) is 0 Å². The summed E-state index contributed by atoms with van der Waals surface area (Å²) in [7, 11) is 1.56. The predicted octanol–water partition coefficient (Wildman–Crippen LogP) is 2.27. The van der Waals surface area contributed by atoms with E-state index in [1.807, 2.05) is 25.1 Å². The third-order valence-corrected chi connectivity index (χ3v) is 2.10. The predicted molar refractivity (Wildman–Crippen MR) is 57.6 cm³/mol. The quantitative estimate of drug-likeness (QED) is 0.731. The Balaban J connectivity index is 2.59. The molecular weight excluding hydrogens is 182 g/mol. The minimum atomic E-state index is 0.189. The van der Waals surface area contributed by atoms with Crippen molar-refractivity contribution in [3.05, 3.63) is 35.9 Å². The van der Waals surface area contributed by atoms with Crippen LogP contribution in [0.3, 0.4) is 0 Å². The Kier molecular flexibility index (Phi) is 3.71. The van der Waals surface area contributed by atoms with E-state index in [4.69, 9.17) is 17.0 Å². The lowest BCUT2D eigenvalue weighted by atomic mass is 10.1. The molecule has 0 aromatic heterocycles. The highest BCUT2D eigenvalue weighted by Gasteiger charge is 2.04. The molecular formula is C10H13NOS. The lowest BCUT2D eigenvalue weighted by Gasteiger charge is -2.14. The summed E-state index contributed by atoms with van der Waals surface area (Å²) in [5.74, 6) is 0. The average molecular weight is 195 g/mol. The van der Waals surface area contributed by atoms with Gasteiger partial charge in [0.1, 0.15) is 0 Å². The number of ether oxygens (including phenoxy) is 1. The first-order valence-corrected chi connectivity index (χ1v) is 4.54. The SMILES string of the molecule is COC(=S)NC(C)c1ccccc1.